The molecule has 1 aliphatic rings. The Balaban J connectivity index is 1.53. The summed E-state index contributed by atoms with van der Waals surface area (Å²) in [7, 11) is 0. The summed E-state index contributed by atoms with van der Waals surface area (Å²) in [5, 5.41) is 5.62. The fourth-order valence-electron chi connectivity index (χ4n) is 3.10. The van der Waals surface area contributed by atoms with Gasteiger partial charge in [-0.1, -0.05) is 18.2 Å². The number of benzene rings is 2. The van der Waals surface area contributed by atoms with Crippen LogP contribution in [0.4, 0.5) is 18.9 Å². The second-order valence-electron chi connectivity index (χ2n) is 6.77. The first-order valence-corrected chi connectivity index (χ1v) is 9.32. The van der Waals surface area contributed by atoms with Crippen molar-refractivity contribution in [2.24, 2.45) is 0 Å². The highest BCUT2D eigenvalue weighted by molar-refractivity contribution is 6.04. The van der Waals surface area contributed by atoms with E-state index in [0.717, 1.165) is 19.5 Å². The van der Waals surface area contributed by atoms with Crippen LogP contribution in [0.25, 0.3) is 11.5 Å². The predicted octanol–water partition coefficient (Wildman–Crippen LogP) is 4.35. The number of halogens is 3. The van der Waals surface area contributed by atoms with Crippen LogP contribution >= 0.6 is 0 Å². The molecule has 1 atom stereocenters. The van der Waals surface area contributed by atoms with Gasteiger partial charge in [-0.2, -0.15) is 13.2 Å². The number of ether oxygens (including phenoxy) is 1. The van der Waals surface area contributed by atoms with E-state index in [-0.39, 0.29) is 12.0 Å². The van der Waals surface area contributed by atoms with E-state index in [2.05, 4.69) is 15.6 Å². The molecule has 3 aromatic rings. The third-order valence-corrected chi connectivity index (χ3v) is 4.55. The molecule has 1 aliphatic heterocycles. The van der Waals surface area contributed by atoms with Crippen molar-refractivity contribution in [3.8, 4) is 17.2 Å². The molecule has 0 unspecified atom stereocenters. The maximum Gasteiger partial charge on any atom is 0.452 e. The van der Waals surface area contributed by atoms with E-state index in [1.54, 1.807) is 54.6 Å². The normalized spacial score (nSPS) is 16.4. The van der Waals surface area contributed by atoms with E-state index in [4.69, 9.17) is 9.15 Å². The first-order chi connectivity index (χ1) is 14.4. The van der Waals surface area contributed by atoms with Crippen molar-refractivity contribution < 1.29 is 27.1 Å². The first-order valence-electron chi connectivity index (χ1n) is 9.32. The van der Waals surface area contributed by atoms with Gasteiger partial charge in [0.2, 0.25) is 11.7 Å². The molecule has 0 spiro atoms. The third kappa shape index (κ3) is 4.46. The van der Waals surface area contributed by atoms with Crippen molar-refractivity contribution in [2.75, 3.05) is 18.4 Å². The summed E-state index contributed by atoms with van der Waals surface area (Å²) in [6.07, 6.45) is -3.89. The predicted molar refractivity (Wildman–Crippen MR) is 103 cm³/mol. The second kappa shape index (κ2) is 8.19. The molecule has 0 aliphatic carbocycles. The Hall–Kier alpha value is -3.33. The number of anilines is 1. The number of hydrogen-bond donors (Lipinski definition) is 2. The van der Waals surface area contributed by atoms with Crippen LogP contribution in [0.3, 0.4) is 0 Å². The smallest absolute Gasteiger partial charge is 0.452 e. The quantitative estimate of drug-likeness (QED) is 0.645. The Morgan fingerprint density at radius 1 is 1.13 bits per heavy atom. The summed E-state index contributed by atoms with van der Waals surface area (Å²) in [4.78, 5) is 16.3. The van der Waals surface area contributed by atoms with E-state index in [1.807, 2.05) is 0 Å². The molecule has 1 fully saturated rings. The van der Waals surface area contributed by atoms with Crippen LogP contribution in [0.1, 0.15) is 22.7 Å². The molecule has 0 radical (unpaired) electrons. The lowest BCUT2D eigenvalue weighted by atomic mass is 10.2. The monoisotopic (exact) mass is 417 g/mol. The van der Waals surface area contributed by atoms with Crippen molar-refractivity contribution in [3.05, 3.63) is 66.1 Å². The highest BCUT2D eigenvalue weighted by Crippen LogP contribution is 2.35. The van der Waals surface area contributed by atoms with E-state index in [0.29, 0.717) is 17.0 Å². The Morgan fingerprint density at radius 3 is 2.50 bits per heavy atom. The van der Waals surface area contributed by atoms with E-state index in [9.17, 15) is 18.0 Å². The highest BCUT2D eigenvalue weighted by atomic mass is 19.4. The van der Waals surface area contributed by atoms with E-state index in [1.165, 1.54) is 0 Å². The van der Waals surface area contributed by atoms with Gasteiger partial charge in [-0.15, -0.1) is 0 Å². The number of carbonyl (C=O) groups excluding carboxylic acids is 1. The minimum absolute atomic E-state index is 0.0753. The Morgan fingerprint density at radius 2 is 1.87 bits per heavy atom. The molecule has 9 heteroatoms. The van der Waals surface area contributed by atoms with Gasteiger partial charge in [0.05, 0.1) is 0 Å². The van der Waals surface area contributed by atoms with Crippen LogP contribution in [0, 0.1) is 0 Å². The number of amides is 1. The molecule has 6 nitrogen and oxygen atoms in total. The van der Waals surface area contributed by atoms with Crippen molar-refractivity contribution >= 4 is 11.6 Å². The molecule has 4 rings (SSSR count). The molecule has 0 saturated carbocycles. The summed E-state index contributed by atoms with van der Waals surface area (Å²) >= 11 is 0. The zero-order chi connectivity index (χ0) is 21.1. The molecule has 1 aromatic heterocycles. The van der Waals surface area contributed by atoms with Crippen LogP contribution in [0.5, 0.6) is 5.75 Å². The van der Waals surface area contributed by atoms with Crippen LogP contribution in [0.2, 0.25) is 0 Å². The lowest BCUT2D eigenvalue weighted by Crippen LogP contribution is -2.19. The Bertz CT molecular complexity index is 1010. The Labute approximate surface area is 170 Å². The van der Waals surface area contributed by atoms with Gasteiger partial charge in [0.25, 0.3) is 5.91 Å². The third-order valence-electron chi connectivity index (χ3n) is 4.55. The van der Waals surface area contributed by atoms with Crippen LogP contribution in [-0.2, 0) is 6.18 Å². The molecule has 156 valence electrons. The summed E-state index contributed by atoms with van der Waals surface area (Å²) in [5.41, 5.74) is -0.169. The zero-order valence-corrected chi connectivity index (χ0v) is 15.7. The van der Waals surface area contributed by atoms with E-state index < -0.39 is 23.5 Å². The number of alkyl halides is 3. The number of rotatable bonds is 5. The Kier molecular flexibility index (Phi) is 5.45. The maximum absolute atomic E-state index is 13.4. The fraction of sp³-hybridized carbons (Fsp3) is 0.238. The highest BCUT2D eigenvalue weighted by Gasteiger charge is 2.42. The topological polar surface area (TPSA) is 76.4 Å². The standard InChI is InChI=1S/C21H18F3N3O3/c22-21(23,24)18-17(27-20(30-18)13-4-2-1-3-5-13)19(28)26-14-6-8-15(9-7-14)29-16-10-11-25-12-16/h1-9,16,25H,10-12H2,(H,26,28)/t16-/m0/s1. The summed E-state index contributed by atoms with van der Waals surface area (Å²) in [6, 6.07) is 14.5. The molecule has 1 amide bonds. The number of carbonyl (C=O) groups is 1. The SMILES string of the molecule is O=C(Nc1ccc(O[C@H]2CCNC2)cc1)c1nc(-c2ccccc2)oc1C(F)(F)F. The van der Waals surface area contributed by atoms with Crippen LogP contribution in [-0.4, -0.2) is 30.1 Å². The minimum Gasteiger partial charge on any atom is -0.489 e. The van der Waals surface area contributed by atoms with Crippen LogP contribution < -0.4 is 15.4 Å². The van der Waals surface area contributed by atoms with Gasteiger partial charge >= 0.3 is 6.18 Å². The summed E-state index contributed by atoms with van der Waals surface area (Å²) in [6.45, 7) is 1.65. The largest absolute Gasteiger partial charge is 0.489 e. The lowest BCUT2D eigenvalue weighted by Gasteiger charge is -2.13. The zero-order valence-electron chi connectivity index (χ0n) is 15.7. The number of hydrogen-bond acceptors (Lipinski definition) is 5. The van der Waals surface area contributed by atoms with E-state index >= 15 is 0 Å². The molecular weight excluding hydrogens is 399 g/mol. The van der Waals surface area contributed by atoms with Gasteiger partial charge in [-0.25, -0.2) is 4.98 Å². The van der Waals surface area contributed by atoms with Gasteiger partial charge in [0.1, 0.15) is 11.9 Å². The summed E-state index contributed by atoms with van der Waals surface area (Å²) in [5.74, 6) is -2.11. The molecule has 2 heterocycles. The molecule has 1 saturated heterocycles. The number of nitrogens with one attached hydrogen (secondary N) is 2. The molecule has 2 aromatic carbocycles. The lowest BCUT2D eigenvalue weighted by molar-refractivity contribution is -0.153. The second-order valence-corrected chi connectivity index (χ2v) is 6.77. The van der Waals surface area contributed by atoms with Gasteiger partial charge in [-0.3, -0.25) is 4.79 Å². The van der Waals surface area contributed by atoms with Crippen molar-refractivity contribution in [2.45, 2.75) is 18.7 Å². The molecule has 0 bridgehead atoms. The van der Waals surface area contributed by atoms with Gasteiger partial charge in [0.15, 0.2) is 5.69 Å². The minimum atomic E-state index is -4.86. The van der Waals surface area contributed by atoms with Crippen LogP contribution in [0.15, 0.2) is 59.0 Å². The number of nitrogens with zero attached hydrogens (tertiary/aromatic N) is 1. The van der Waals surface area contributed by atoms with Gasteiger partial charge < -0.3 is 19.8 Å². The molecule has 30 heavy (non-hydrogen) atoms. The average Bonchev–Trinajstić information content (AvgIpc) is 3.40. The van der Waals surface area contributed by atoms with Crippen molar-refractivity contribution in [1.82, 2.24) is 10.3 Å². The first kappa shape index (κ1) is 20.0. The van der Waals surface area contributed by atoms with Gasteiger partial charge in [0, 0.05) is 17.8 Å². The number of aromatic nitrogens is 1. The molecular formula is C21H18F3N3O3. The average molecular weight is 417 g/mol. The van der Waals surface area contributed by atoms with Crippen molar-refractivity contribution in [1.29, 1.82) is 0 Å². The summed E-state index contributed by atoms with van der Waals surface area (Å²) < 4.78 is 50.8. The molecule has 2 N–H and O–H groups in total. The number of oxazole rings is 1. The van der Waals surface area contributed by atoms with Crippen molar-refractivity contribution in [3.63, 3.8) is 0 Å². The fourth-order valence-corrected chi connectivity index (χ4v) is 3.10. The maximum atomic E-state index is 13.4. The van der Waals surface area contributed by atoms with Gasteiger partial charge in [-0.05, 0) is 49.4 Å².